The fourth-order valence-electron chi connectivity index (χ4n) is 3.43. The third-order valence-corrected chi connectivity index (χ3v) is 5.03. The van der Waals surface area contributed by atoms with Gasteiger partial charge in [0.1, 0.15) is 0 Å². The molecule has 4 rings (SSSR count). The maximum absolute atomic E-state index is 12.8. The highest BCUT2D eigenvalue weighted by molar-refractivity contribution is 6.04. The first-order valence-electron chi connectivity index (χ1n) is 9.41. The Morgan fingerprint density at radius 3 is 2.50 bits per heavy atom. The average molecular weight is 377 g/mol. The summed E-state index contributed by atoms with van der Waals surface area (Å²) >= 11 is 0. The molecule has 2 amide bonds. The van der Waals surface area contributed by atoms with Crippen molar-refractivity contribution in [2.24, 2.45) is 0 Å². The number of anilines is 1. The van der Waals surface area contributed by atoms with E-state index in [4.69, 9.17) is 0 Å². The molecule has 7 heteroatoms. The van der Waals surface area contributed by atoms with Crippen molar-refractivity contribution in [3.8, 4) is 0 Å². The van der Waals surface area contributed by atoms with E-state index in [1.54, 1.807) is 4.90 Å². The predicted octanol–water partition coefficient (Wildman–Crippen LogP) is 2.27. The first-order chi connectivity index (χ1) is 13.6. The molecule has 1 aromatic heterocycles. The van der Waals surface area contributed by atoms with Crippen LogP contribution < -0.4 is 5.32 Å². The minimum Gasteiger partial charge on any atom is -0.335 e. The van der Waals surface area contributed by atoms with Crippen LogP contribution in [0.4, 0.5) is 5.69 Å². The smallest absolute Gasteiger partial charge is 0.275 e. The van der Waals surface area contributed by atoms with Gasteiger partial charge in [-0.15, -0.1) is 0 Å². The average Bonchev–Trinajstić information content (AvgIpc) is 3.14. The van der Waals surface area contributed by atoms with Gasteiger partial charge in [0.2, 0.25) is 5.91 Å². The molecule has 2 aromatic carbocycles. The minimum atomic E-state index is -0.0683. The number of carbonyl (C=O) groups is 2. The Labute approximate surface area is 163 Å². The summed E-state index contributed by atoms with van der Waals surface area (Å²) in [6.07, 6.45) is 0. The number of nitrogens with zero attached hydrogens (tertiary/aromatic N) is 3. The number of H-pyrrole nitrogens is 1. The third-order valence-electron chi connectivity index (χ3n) is 5.03. The number of aromatic amines is 1. The van der Waals surface area contributed by atoms with Crippen LogP contribution in [0, 0.1) is 6.92 Å². The van der Waals surface area contributed by atoms with Crippen LogP contribution >= 0.6 is 0 Å². The van der Waals surface area contributed by atoms with Crippen LogP contribution in [0.15, 0.2) is 48.5 Å². The van der Waals surface area contributed by atoms with Gasteiger partial charge in [0, 0.05) is 37.3 Å². The van der Waals surface area contributed by atoms with Gasteiger partial charge in [0.25, 0.3) is 5.91 Å². The molecule has 0 atom stereocenters. The largest absolute Gasteiger partial charge is 0.335 e. The van der Waals surface area contributed by atoms with Crippen molar-refractivity contribution in [3.05, 3.63) is 59.8 Å². The maximum atomic E-state index is 12.8. The van der Waals surface area contributed by atoms with Gasteiger partial charge in [-0.2, -0.15) is 5.10 Å². The Hall–Kier alpha value is -3.19. The summed E-state index contributed by atoms with van der Waals surface area (Å²) in [7, 11) is 0. The number of para-hydroxylation sites is 1. The molecule has 0 unspecified atom stereocenters. The normalized spacial score (nSPS) is 15.0. The van der Waals surface area contributed by atoms with Gasteiger partial charge in [-0.05, 0) is 25.1 Å². The number of benzene rings is 2. The molecule has 1 fully saturated rings. The second kappa shape index (κ2) is 7.82. The summed E-state index contributed by atoms with van der Waals surface area (Å²) in [6.45, 7) is 4.82. The Balaban J connectivity index is 1.31. The van der Waals surface area contributed by atoms with Gasteiger partial charge in [-0.1, -0.05) is 35.9 Å². The molecule has 1 aliphatic rings. The topological polar surface area (TPSA) is 81.3 Å². The fourth-order valence-corrected chi connectivity index (χ4v) is 3.43. The van der Waals surface area contributed by atoms with Crippen LogP contribution in [0.3, 0.4) is 0 Å². The first kappa shape index (κ1) is 18.2. The maximum Gasteiger partial charge on any atom is 0.275 e. The number of amides is 2. The summed E-state index contributed by atoms with van der Waals surface area (Å²) in [4.78, 5) is 29.0. The number of rotatable bonds is 4. The summed E-state index contributed by atoms with van der Waals surface area (Å²) in [6, 6.07) is 15.4. The molecule has 3 aromatic rings. The molecule has 7 nitrogen and oxygen atoms in total. The molecule has 0 radical (unpaired) electrons. The summed E-state index contributed by atoms with van der Waals surface area (Å²) in [5.41, 5.74) is 3.27. The van der Waals surface area contributed by atoms with Crippen LogP contribution in [0.1, 0.15) is 16.1 Å². The van der Waals surface area contributed by atoms with Crippen LogP contribution in [0.25, 0.3) is 10.9 Å². The Morgan fingerprint density at radius 2 is 1.75 bits per heavy atom. The third kappa shape index (κ3) is 3.89. The standard InChI is InChI=1S/C21H23N5O2/c1-15-6-8-16(9-7-15)22-19(27)14-25-10-12-26(13-11-25)21(28)20-17-4-2-3-5-18(17)23-24-20/h2-9H,10-14H2,1H3,(H,22,27)(H,23,24). The van der Waals surface area contributed by atoms with Gasteiger partial charge in [0.15, 0.2) is 5.69 Å². The van der Waals surface area contributed by atoms with E-state index in [2.05, 4.69) is 20.4 Å². The monoisotopic (exact) mass is 377 g/mol. The Kier molecular flexibility index (Phi) is 5.08. The van der Waals surface area contributed by atoms with E-state index in [1.165, 1.54) is 0 Å². The molecular weight excluding hydrogens is 354 g/mol. The highest BCUT2D eigenvalue weighted by atomic mass is 16.2. The molecule has 28 heavy (non-hydrogen) atoms. The number of fused-ring (bicyclic) bond motifs is 1. The zero-order chi connectivity index (χ0) is 19.5. The van der Waals surface area contributed by atoms with Crippen molar-refractivity contribution in [2.75, 3.05) is 38.0 Å². The second-order valence-electron chi connectivity index (χ2n) is 7.10. The van der Waals surface area contributed by atoms with E-state index in [0.29, 0.717) is 38.4 Å². The molecule has 2 N–H and O–H groups in total. The molecule has 0 saturated carbocycles. The molecule has 1 saturated heterocycles. The number of carbonyl (C=O) groups excluding carboxylic acids is 2. The van der Waals surface area contributed by atoms with Crippen molar-refractivity contribution in [2.45, 2.75) is 6.92 Å². The number of aryl methyl sites for hydroxylation is 1. The fraction of sp³-hybridized carbons (Fsp3) is 0.286. The number of nitrogens with one attached hydrogen (secondary N) is 2. The summed E-state index contributed by atoms with van der Waals surface area (Å²) in [5.74, 6) is -0.108. The van der Waals surface area contributed by atoms with Crippen LogP contribution in [0.2, 0.25) is 0 Å². The molecule has 0 spiro atoms. The highest BCUT2D eigenvalue weighted by Gasteiger charge is 2.25. The van der Waals surface area contributed by atoms with Gasteiger partial charge in [-0.25, -0.2) is 0 Å². The number of hydrogen-bond donors (Lipinski definition) is 2. The van der Waals surface area contributed by atoms with E-state index in [9.17, 15) is 9.59 Å². The molecule has 0 aliphatic carbocycles. The Morgan fingerprint density at radius 1 is 1.04 bits per heavy atom. The van der Waals surface area contributed by atoms with Crippen LogP contribution in [0.5, 0.6) is 0 Å². The van der Waals surface area contributed by atoms with Crippen LogP contribution in [-0.4, -0.2) is 64.5 Å². The lowest BCUT2D eigenvalue weighted by Gasteiger charge is -2.34. The quantitative estimate of drug-likeness (QED) is 0.731. The minimum absolute atomic E-state index is 0.0399. The van der Waals surface area contributed by atoms with Gasteiger partial charge >= 0.3 is 0 Å². The lowest BCUT2D eigenvalue weighted by molar-refractivity contribution is -0.117. The molecule has 2 heterocycles. The van der Waals surface area contributed by atoms with Crippen molar-refractivity contribution < 1.29 is 9.59 Å². The predicted molar refractivity (Wildman–Crippen MR) is 108 cm³/mol. The van der Waals surface area contributed by atoms with Crippen molar-refractivity contribution in [1.82, 2.24) is 20.0 Å². The van der Waals surface area contributed by atoms with Gasteiger partial charge < -0.3 is 10.2 Å². The van der Waals surface area contributed by atoms with E-state index < -0.39 is 0 Å². The molecule has 144 valence electrons. The van der Waals surface area contributed by atoms with Crippen molar-refractivity contribution >= 4 is 28.4 Å². The lowest BCUT2D eigenvalue weighted by atomic mass is 10.2. The summed E-state index contributed by atoms with van der Waals surface area (Å²) in [5, 5.41) is 10.9. The van der Waals surface area contributed by atoms with E-state index >= 15 is 0 Å². The first-order valence-corrected chi connectivity index (χ1v) is 9.41. The highest BCUT2D eigenvalue weighted by Crippen LogP contribution is 2.18. The molecular formula is C21H23N5O2. The summed E-state index contributed by atoms with van der Waals surface area (Å²) < 4.78 is 0. The molecule has 0 bridgehead atoms. The van der Waals surface area contributed by atoms with E-state index in [1.807, 2.05) is 55.5 Å². The lowest BCUT2D eigenvalue weighted by Crippen LogP contribution is -2.50. The Bertz CT molecular complexity index is 987. The van der Waals surface area contributed by atoms with Crippen LogP contribution in [-0.2, 0) is 4.79 Å². The van der Waals surface area contributed by atoms with Gasteiger partial charge in [0.05, 0.1) is 12.1 Å². The zero-order valence-electron chi connectivity index (χ0n) is 15.8. The molecule has 1 aliphatic heterocycles. The van der Waals surface area contributed by atoms with E-state index in [-0.39, 0.29) is 11.8 Å². The van der Waals surface area contributed by atoms with E-state index in [0.717, 1.165) is 22.2 Å². The zero-order valence-corrected chi connectivity index (χ0v) is 15.8. The van der Waals surface area contributed by atoms with Crippen molar-refractivity contribution in [1.29, 1.82) is 0 Å². The second-order valence-corrected chi connectivity index (χ2v) is 7.10. The number of piperazine rings is 1. The van der Waals surface area contributed by atoms with Crippen molar-refractivity contribution in [3.63, 3.8) is 0 Å². The van der Waals surface area contributed by atoms with Gasteiger partial charge in [-0.3, -0.25) is 19.6 Å². The number of hydrogen-bond acceptors (Lipinski definition) is 4. The number of aromatic nitrogens is 2. The SMILES string of the molecule is Cc1ccc(NC(=O)CN2CCN(C(=O)c3n[nH]c4ccccc34)CC2)cc1.